The van der Waals surface area contributed by atoms with Crippen molar-refractivity contribution in [2.45, 2.75) is 26.3 Å². The Labute approximate surface area is 140 Å². The Morgan fingerprint density at radius 3 is 2.39 bits per heavy atom. The van der Waals surface area contributed by atoms with Crippen LogP contribution in [0.4, 0.5) is 0 Å². The van der Waals surface area contributed by atoms with Crippen molar-refractivity contribution in [1.29, 1.82) is 0 Å². The molecule has 2 aromatic carbocycles. The largest absolute Gasteiger partial charge is 0.380 e. The molecule has 4 heteroatoms. The number of aromatic nitrogens is 1. The molecular formula is C19H18ClNO2. The molecular weight excluding hydrogens is 310 g/mol. The van der Waals surface area contributed by atoms with Crippen LogP contribution >= 0.6 is 11.6 Å². The van der Waals surface area contributed by atoms with Gasteiger partial charge in [-0.05, 0) is 44.0 Å². The Balaban J connectivity index is 2.17. The van der Waals surface area contributed by atoms with Crippen molar-refractivity contribution in [3.05, 3.63) is 81.3 Å². The summed E-state index contributed by atoms with van der Waals surface area (Å²) in [5.41, 5.74) is 1.60. The van der Waals surface area contributed by atoms with E-state index in [1.165, 1.54) is 4.74 Å². The van der Waals surface area contributed by atoms with E-state index in [2.05, 4.69) is 0 Å². The van der Waals surface area contributed by atoms with Gasteiger partial charge in [-0.15, -0.1) is 0 Å². The molecule has 0 aliphatic rings. The fourth-order valence-corrected chi connectivity index (χ4v) is 2.95. The van der Waals surface area contributed by atoms with Crippen molar-refractivity contribution in [2.24, 2.45) is 0 Å². The highest BCUT2D eigenvalue weighted by molar-refractivity contribution is 6.30. The van der Waals surface area contributed by atoms with Gasteiger partial charge < -0.3 is 4.52 Å². The minimum absolute atomic E-state index is 0.140. The summed E-state index contributed by atoms with van der Waals surface area (Å²) in [5.74, 6) is 0.608. The molecule has 23 heavy (non-hydrogen) atoms. The van der Waals surface area contributed by atoms with Gasteiger partial charge in [-0.25, -0.2) is 0 Å². The van der Waals surface area contributed by atoms with Gasteiger partial charge in [0.05, 0.1) is 5.56 Å². The second-order valence-corrected chi connectivity index (χ2v) is 6.49. The maximum Gasteiger partial charge on any atom is 0.291 e. The second-order valence-electron chi connectivity index (χ2n) is 6.06. The molecule has 118 valence electrons. The summed E-state index contributed by atoms with van der Waals surface area (Å²) < 4.78 is 7.25. The summed E-state index contributed by atoms with van der Waals surface area (Å²) in [5, 5.41) is 0.634. The maximum absolute atomic E-state index is 12.9. The standard InChI is InChI=1S/C19H18ClNO2/c1-13-17(14-8-5-4-6-9-14)18(22)21(23-13)19(2,3)15-10-7-11-16(20)12-15/h4-12H,1-3H3. The molecule has 0 bridgehead atoms. The van der Waals surface area contributed by atoms with Gasteiger partial charge in [0.1, 0.15) is 11.3 Å². The molecule has 0 aliphatic carbocycles. The van der Waals surface area contributed by atoms with Crippen LogP contribution in [0.25, 0.3) is 11.1 Å². The normalized spacial score (nSPS) is 11.7. The molecule has 0 atom stereocenters. The lowest BCUT2D eigenvalue weighted by atomic mass is 9.94. The van der Waals surface area contributed by atoms with Crippen LogP contribution in [0.3, 0.4) is 0 Å². The van der Waals surface area contributed by atoms with E-state index in [0.29, 0.717) is 16.3 Å². The first-order chi connectivity index (χ1) is 10.9. The van der Waals surface area contributed by atoms with Crippen molar-refractivity contribution in [3.63, 3.8) is 0 Å². The highest BCUT2D eigenvalue weighted by Gasteiger charge is 2.30. The molecule has 0 fully saturated rings. The van der Waals surface area contributed by atoms with Crippen LogP contribution in [0.2, 0.25) is 5.02 Å². The minimum Gasteiger partial charge on any atom is -0.380 e. The van der Waals surface area contributed by atoms with E-state index in [1.54, 1.807) is 0 Å². The fraction of sp³-hybridized carbons (Fsp3) is 0.211. The predicted molar refractivity (Wildman–Crippen MR) is 93.0 cm³/mol. The van der Waals surface area contributed by atoms with Gasteiger partial charge in [0, 0.05) is 5.02 Å². The van der Waals surface area contributed by atoms with E-state index in [1.807, 2.05) is 75.4 Å². The molecule has 0 N–H and O–H groups in total. The van der Waals surface area contributed by atoms with E-state index in [9.17, 15) is 4.79 Å². The highest BCUT2D eigenvalue weighted by Crippen LogP contribution is 2.29. The summed E-state index contributed by atoms with van der Waals surface area (Å²) in [7, 11) is 0. The van der Waals surface area contributed by atoms with Crippen LogP contribution in [-0.2, 0) is 5.54 Å². The molecule has 0 saturated carbocycles. The summed E-state index contributed by atoms with van der Waals surface area (Å²) in [4.78, 5) is 12.9. The molecule has 0 amide bonds. The van der Waals surface area contributed by atoms with E-state index in [4.69, 9.17) is 16.1 Å². The van der Waals surface area contributed by atoms with Gasteiger partial charge >= 0.3 is 0 Å². The maximum atomic E-state index is 12.9. The Morgan fingerprint density at radius 2 is 1.74 bits per heavy atom. The molecule has 0 spiro atoms. The Bertz CT molecular complexity index is 891. The number of aryl methyl sites for hydroxylation is 1. The van der Waals surface area contributed by atoms with Crippen LogP contribution in [0.15, 0.2) is 63.9 Å². The van der Waals surface area contributed by atoms with Gasteiger partial charge in [0.25, 0.3) is 5.56 Å². The molecule has 1 aromatic heterocycles. The van der Waals surface area contributed by atoms with Gasteiger partial charge in [-0.2, -0.15) is 4.74 Å². The smallest absolute Gasteiger partial charge is 0.291 e. The molecule has 1 heterocycles. The van der Waals surface area contributed by atoms with E-state index in [0.717, 1.165) is 11.1 Å². The quantitative estimate of drug-likeness (QED) is 0.689. The molecule has 0 aliphatic heterocycles. The van der Waals surface area contributed by atoms with Crippen LogP contribution in [0.1, 0.15) is 25.2 Å². The van der Waals surface area contributed by atoms with Crippen LogP contribution < -0.4 is 5.56 Å². The van der Waals surface area contributed by atoms with Crippen molar-refractivity contribution in [2.75, 3.05) is 0 Å². The number of nitrogens with zero attached hydrogens (tertiary/aromatic N) is 1. The van der Waals surface area contributed by atoms with E-state index < -0.39 is 5.54 Å². The lowest BCUT2D eigenvalue weighted by Crippen LogP contribution is -2.35. The predicted octanol–water partition coefficient (Wildman–Crippen LogP) is 4.85. The Kier molecular flexibility index (Phi) is 3.90. The average molecular weight is 328 g/mol. The molecule has 3 rings (SSSR count). The first-order valence-corrected chi connectivity index (χ1v) is 7.84. The summed E-state index contributed by atoms with van der Waals surface area (Å²) in [6.07, 6.45) is 0. The third kappa shape index (κ3) is 2.73. The SMILES string of the molecule is Cc1on(C(C)(C)c2cccc(Cl)c2)c(=O)c1-c1ccccc1. The number of halogens is 1. The van der Waals surface area contributed by atoms with E-state index in [-0.39, 0.29) is 5.56 Å². The third-order valence-corrected chi connectivity index (χ3v) is 4.31. The molecule has 0 saturated heterocycles. The molecule has 3 nitrogen and oxygen atoms in total. The Hall–Kier alpha value is -2.26. The number of rotatable bonds is 3. The topological polar surface area (TPSA) is 35.1 Å². The first kappa shape index (κ1) is 15.6. The summed E-state index contributed by atoms with van der Waals surface area (Å²) >= 11 is 6.09. The van der Waals surface area contributed by atoms with Crippen molar-refractivity contribution < 1.29 is 4.52 Å². The zero-order chi connectivity index (χ0) is 16.6. The fourth-order valence-electron chi connectivity index (χ4n) is 2.76. The zero-order valence-electron chi connectivity index (χ0n) is 13.3. The number of hydrogen-bond acceptors (Lipinski definition) is 2. The molecule has 3 aromatic rings. The lowest BCUT2D eigenvalue weighted by Gasteiger charge is -2.24. The summed E-state index contributed by atoms with van der Waals surface area (Å²) in [6.45, 7) is 5.70. The highest BCUT2D eigenvalue weighted by atomic mass is 35.5. The van der Waals surface area contributed by atoms with Gasteiger partial charge in [-0.3, -0.25) is 4.79 Å². The second kappa shape index (κ2) is 5.74. The third-order valence-electron chi connectivity index (χ3n) is 4.08. The van der Waals surface area contributed by atoms with Crippen molar-refractivity contribution >= 4 is 11.6 Å². The van der Waals surface area contributed by atoms with Crippen LogP contribution in [0, 0.1) is 6.92 Å². The minimum atomic E-state index is -0.639. The molecule has 0 radical (unpaired) electrons. The zero-order valence-corrected chi connectivity index (χ0v) is 14.1. The first-order valence-electron chi connectivity index (χ1n) is 7.46. The number of benzene rings is 2. The average Bonchev–Trinajstić information content (AvgIpc) is 2.83. The molecule has 0 unspecified atom stereocenters. The van der Waals surface area contributed by atoms with Crippen molar-refractivity contribution in [1.82, 2.24) is 4.74 Å². The van der Waals surface area contributed by atoms with Gasteiger partial charge in [-0.1, -0.05) is 54.1 Å². The monoisotopic (exact) mass is 327 g/mol. The lowest BCUT2D eigenvalue weighted by molar-refractivity contribution is 0.166. The van der Waals surface area contributed by atoms with Crippen LogP contribution in [-0.4, -0.2) is 4.74 Å². The Morgan fingerprint density at radius 1 is 1.04 bits per heavy atom. The number of hydrogen-bond donors (Lipinski definition) is 0. The van der Waals surface area contributed by atoms with Crippen molar-refractivity contribution in [3.8, 4) is 11.1 Å². The van der Waals surface area contributed by atoms with Crippen LogP contribution in [0.5, 0.6) is 0 Å². The van der Waals surface area contributed by atoms with Gasteiger partial charge in [0.2, 0.25) is 0 Å². The van der Waals surface area contributed by atoms with E-state index >= 15 is 0 Å². The van der Waals surface area contributed by atoms with Gasteiger partial charge in [0.15, 0.2) is 0 Å². The summed E-state index contributed by atoms with van der Waals surface area (Å²) in [6, 6.07) is 17.1.